The van der Waals surface area contributed by atoms with E-state index >= 15 is 0 Å². The number of pyridine rings is 1. The molecule has 0 spiro atoms. The van der Waals surface area contributed by atoms with Crippen molar-refractivity contribution in [3.63, 3.8) is 0 Å². The molecule has 88 valence electrons. The molecule has 0 aliphatic carbocycles. The minimum absolute atomic E-state index is 0.159. The van der Waals surface area contributed by atoms with Crippen LogP contribution in [0.4, 0.5) is 11.4 Å². The first-order valence-electron chi connectivity index (χ1n) is 4.93. The van der Waals surface area contributed by atoms with Crippen molar-refractivity contribution in [1.29, 1.82) is 0 Å². The lowest BCUT2D eigenvalue weighted by molar-refractivity contribution is -0.136. The number of nitrogens with two attached hydrogens (primary N) is 1. The topological polar surface area (TPSA) is 68.5 Å². The number of nitrogen functional groups attached to an aromatic ring is 1. The van der Waals surface area contributed by atoms with Crippen molar-refractivity contribution >= 4 is 17.3 Å². The Hall–Kier alpha value is -1.62. The number of nitrogens with zero attached hydrogens (tertiary/aromatic N) is 2. The molecule has 0 aliphatic heterocycles. The lowest BCUT2D eigenvalue weighted by atomic mass is 10.1. The standard InChI is InChI=1S/C11H17N3O2/c1-11(2,16-4)10(15)14(3)9-5-6-13-7-8(9)12/h5-7H,12H2,1-4H3. The van der Waals surface area contributed by atoms with Crippen LogP contribution in [0.15, 0.2) is 18.5 Å². The molecule has 0 saturated carbocycles. The van der Waals surface area contributed by atoms with Crippen molar-refractivity contribution in [2.75, 3.05) is 24.8 Å². The minimum Gasteiger partial charge on any atom is -0.396 e. The van der Waals surface area contributed by atoms with Gasteiger partial charge in [0.05, 0.1) is 17.6 Å². The zero-order valence-electron chi connectivity index (χ0n) is 10.0. The summed E-state index contributed by atoms with van der Waals surface area (Å²) in [6.45, 7) is 3.42. The van der Waals surface area contributed by atoms with Crippen LogP contribution in [0.25, 0.3) is 0 Å². The zero-order chi connectivity index (χ0) is 12.3. The van der Waals surface area contributed by atoms with Gasteiger partial charge in [0.25, 0.3) is 5.91 Å². The smallest absolute Gasteiger partial charge is 0.258 e. The van der Waals surface area contributed by atoms with Gasteiger partial charge in [-0.1, -0.05) is 0 Å². The van der Waals surface area contributed by atoms with Crippen molar-refractivity contribution in [3.8, 4) is 0 Å². The number of hydrogen-bond donors (Lipinski definition) is 1. The molecular formula is C11H17N3O2. The maximum absolute atomic E-state index is 12.1. The average Bonchev–Trinajstić information content (AvgIpc) is 2.27. The third-order valence-electron chi connectivity index (χ3n) is 2.52. The first-order valence-corrected chi connectivity index (χ1v) is 4.93. The normalized spacial score (nSPS) is 11.2. The molecule has 0 atom stereocenters. The molecule has 5 nitrogen and oxygen atoms in total. The van der Waals surface area contributed by atoms with E-state index in [0.29, 0.717) is 11.4 Å². The second-order valence-electron chi connectivity index (χ2n) is 4.01. The molecule has 1 aromatic heterocycles. The number of hydrogen-bond acceptors (Lipinski definition) is 4. The summed E-state index contributed by atoms with van der Waals surface area (Å²) in [6, 6.07) is 1.69. The fourth-order valence-corrected chi connectivity index (χ4v) is 1.31. The van der Waals surface area contributed by atoms with Gasteiger partial charge in [0, 0.05) is 20.4 Å². The number of carbonyl (C=O) groups is 1. The van der Waals surface area contributed by atoms with Gasteiger partial charge in [-0.15, -0.1) is 0 Å². The molecule has 0 aliphatic rings. The molecule has 0 radical (unpaired) electrons. The predicted octanol–water partition coefficient (Wildman–Crippen LogP) is 1.05. The van der Waals surface area contributed by atoms with Gasteiger partial charge in [-0.2, -0.15) is 0 Å². The van der Waals surface area contributed by atoms with Gasteiger partial charge >= 0.3 is 0 Å². The molecule has 0 saturated heterocycles. The third kappa shape index (κ3) is 2.30. The largest absolute Gasteiger partial charge is 0.396 e. The average molecular weight is 223 g/mol. The summed E-state index contributed by atoms with van der Waals surface area (Å²) in [7, 11) is 3.16. The monoisotopic (exact) mass is 223 g/mol. The van der Waals surface area contributed by atoms with Gasteiger partial charge in [-0.05, 0) is 19.9 Å². The first kappa shape index (κ1) is 12.4. The molecule has 1 heterocycles. The Bertz CT molecular complexity index is 391. The summed E-state index contributed by atoms with van der Waals surface area (Å²) in [6.07, 6.45) is 3.11. The SMILES string of the molecule is COC(C)(C)C(=O)N(C)c1ccncc1N. The van der Waals surface area contributed by atoms with Gasteiger partial charge in [-0.3, -0.25) is 9.78 Å². The van der Waals surface area contributed by atoms with Crippen LogP contribution in [0.1, 0.15) is 13.8 Å². The highest BCUT2D eigenvalue weighted by atomic mass is 16.5. The number of methoxy groups -OCH3 is 1. The molecular weight excluding hydrogens is 206 g/mol. The lowest BCUT2D eigenvalue weighted by Crippen LogP contribution is -2.45. The summed E-state index contributed by atoms with van der Waals surface area (Å²) in [5.41, 5.74) is 5.97. The van der Waals surface area contributed by atoms with Crippen LogP contribution in [0.5, 0.6) is 0 Å². The van der Waals surface area contributed by atoms with Gasteiger partial charge in [-0.25, -0.2) is 0 Å². The van der Waals surface area contributed by atoms with Gasteiger partial charge in [0.15, 0.2) is 0 Å². The molecule has 0 bridgehead atoms. The minimum atomic E-state index is -0.871. The summed E-state index contributed by atoms with van der Waals surface area (Å²) >= 11 is 0. The van der Waals surface area contributed by atoms with E-state index in [1.807, 2.05) is 0 Å². The Labute approximate surface area is 95.2 Å². The Morgan fingerprint density at radius 1 is 1.56 bits per heavy atom. The second kappa shape index (κ2) is 4.49. The molecule has 5 heteroatoms. The highest BCUT2D eigenvalue weighted by molar-refractivity contribution is 6.00. The van der Waals surface area contributed by atoms with E-state index in [1.165, 1.54) is 18.2 Å². The number of anilines is 2. The van der Waals surface area contributed by atoms with E-state index in [-0.39, 0.29) is 5.91 Å². The quantitative estimate of drug-likeness (QED) is 0.831. The maximum atomic E-state index is 12.1. The van der Waals surface area contributed by atoms with Crippen LogP contribution in [-0.2, 0) is 9.53 Å². The van der Waals surface area contributed by atoms with Crippen molar-refractivity contribution in [2.45, 2.75) is 19.4 Å². The highest BCUT2D eigenvalue weighted by Crippen LogP contribution is 2.23. The predicted molar refractivity (Wildman–Crippen MR) is 63.1 cm³/mol. The van der Waals surface area contributed by atoms with E-state index in [9.17, 15) is 4.79 Å². The Morgan fingerprint density at radius 3 is 2.69 bits per heavy atom. The fourth-order valence-electron chi connectivity index (χ4n) is 1.31. The van der Waals surface area contributed by atoms with Crippen molar-refractivity contribution in [1.82, 2.24) is 4.98 Å². The number of rotatable bonds is 3. The summed E-state index contributed by atoms with van der Waals surface area (Å²) < 4.78 is 5.13. The second-order valence-corrected chi connectivity index (χ2v) is 4.01. The summed E-state index contributed by atoms with van der Waals surface area (Å²) in [5.74, 6) is -0.159. The van der Waals surface area contributed by atoms with E-state index < -0.39 is 5.60 Å². The number of ether oxygens (including phenoxy) is 1. The van der Waals surface area contributed by atoms with E-state index in [4.69, 9.17) is 10.5 Å². The van der Waals surface area contributed by atoms with Crippen molar-refractivity contribution < 1.29 is 9.53 Å². The van der Waals surface area contributed by atoms with Crippen LogP contribution >= 0.6 is 0 Å². The molecule has 0 aromatic carbocycles. The van der Waals surface area contributed by atoms with E-state index in [1.54, 1.807) is 33.2 Å². The number of carbonyl (C=O) groups excluding carboxylic acids is 1. The van der Waals surface area contributed by atoms with Gasteiger partial charge in [0.1, 0.15) is 5.60 Å². The number of aromatic nitrogens is 1. The lowest BCUT2D eigenvalue weighted by Gasteiger charge is -2.28. The molecule has 16 heavy (non-hydrogen) atoms. The summed E-state index contributed by atoms with van der Waals surface area (Å²) in [4.78, 5) is 17.4. The molecule has 1 aromatic rings. The van der Waals surface area contributed by atoms with Crippen LogP contribution in [0.2, 0.25) is 0 Å². The highest BCUT2D eigenvalue weighted by Gasteiger charge is 2.31. The zero-order valence-corrected chi connectivity index (χ0v) is 10.0. The maximum Gasteiger partial charge on any atom is 0.258 e. The van der Waals surface area contributed by atoms with Gasteiger partial charge < -0.3 is 15.4 Å². The molecule has 1 rings (SSSR count). The van der Waals surface area contributed by atoms with Crippen LogP contribution in [0.3, 0.4) is 0 Å². The summed E-state index contributed by atoms with van der Waals surface area (Å²) in [5, 5.41) is 0. The third-order valence-corrected chi connectivity index (χ3v) is 2.52. The molecule has 2 N–H and O–H groups in total. The van der Waals surface area contributed by atoms with Crippen LogP contribution < -0.4 is 10.6 Å². The van der Waals surface area contributed by atoms with Crippen LogP contribution in [-0.4, -0.2) is 30.6 Å². The van der Waals surface area contributed by atoms with Gasteiger partial charge in [0.2, 0.25) is 0 Å². The number of amides is 1. The Kier molecular flexibility index (Phi) is 3.49. The van der Waals surface area contributed by atoms with Crippen molar-refractivity contribution in [2.24, 2.45) is 0 Å². The fraction of sp³-hybridized carbons (Fsp3) is 0.455. The van der Waals surface area contributed by atoms with Crippen LogP contribution in [0, 0.1) is 0 Å². The Balaban J connectivity index is 3.00. The number of likely N-dealkylation sites (N-methyl/N-ethyl adjacent to an activating group) is 1. The first-order chi connectivity index (χ1) is 7.40. The molecule has 0 unspecified atom stereocenters. The van der Waals surface area contributed by atoms with E-state index in [0.717, 1.165) is 0 Å². The van der Waals surface area contributed by atoms with E-state index in [2.05, 4.69) is 4.98 Å². The Morgan fingerprint density at radius 2 is 2.19 bits per heavy atom. The molecule has 0 fully saturated rings. The van der Waals surface area contributed by atoms with Crippen molar-refractivity contribution in [3.05, 3.63) is 18.5 Å². The molecule has 1 amide bonds.